The molecule has 5 heteroatoms. The van der Waals surface area contributed by atoms with Gasteiger partial charge in [0.2, 0.25) is 5.91 Å². The third-order valence-corrected chi connectivity index (χ3v) is 5.84. The van der Waals surface area contributed by atoms with E-state index in [1.54, 1.807) is 0 Å². The van der Waals surface area contributed by atoms with Crippen LogP contribution < -0.4 is 15.0 Å². The second-order valence-electron chi connectivity index (χ2n) is 8.39. The van der Waals surface area contributed by atoms with Crippen molar-refractivity contribution < 1.29 is 9.53 Å². The third kappa shape index (κ3) is 5.15. The molecule has 4 nitrogen and oxygen atoms in total. The van der Waals surface area contributed by atoms with Gasteiger partial charge in [0.05, 0.1) is 6.61 Å². The second kappa shape index (κ2) is 8.95. The van der Waals surface area contributed by atoms with Gasteiger partial charge in [0.1, 0.15) is 5.75 Å². The van der Waals surface area contributed by atoms with Crippen molar-refractivity contribution in [3.05, 3.63) is 59.2 Å². The van der Waals surface area contributed by atoms with Gasteiger partial charge < -0.3 is 15.0 Å². The molecule has 0 fully saturated rings. The number of rotatable bonds is 6. The van der Waals surface area contributed by atoms with E-state index in [1.165, 1.54) is 11.1 Å². The number of aryl methyl sites for hydroxylation is 2. The number of hydrogen-bond donors (Lipinski definition) is 1. The van der Waals surface area contributed by atoms with Crippen LogP contribution in [0.2, 0.25) is 0 Å². The normalized spacial score (nSPS) is 13.2. The number of benzene rings is 2. The van der Waals surface area contributed by atoms with E-state index < -0.39 is 5.41 Å². The molecule has 3 rings (SSSR count). The van der Waals surface area contributed by atoms with Crippen LogP contribution in [0, 0.1) is 19.3 Å². The van der Waals surface area contributed by atoms with E-state index in [2.05, 4.69) is 42.6 Å². The first-order chi connectivity index (χ1) is 13.8. The monoisotopic (exact) mass is 410 g/mol. The molecule has 0 unspecified atom stereocenters. The van der Waals surface area contributed by atoms with Crippen LogP contribution in [0.5, 0.6) is 5.75 Å². The SMILES string of the molecule is Cc1ccc(C)c(OCCCC(C)(C)C(=O)NC(=S)N2CCc3ccccc32)c1. The van der Waals surface area contributed by atoms with Crippen molar-refractivity contribution in [1.82, 2.24) is 5.32 Å². The zero-order valence-electron chi connectivity index (χ0n) is 17.7. The smallest absolute Gasteiger partial charge is 0.231 e. The Hall–Kier alpha value is -2.40. The summed E-state index contributed by atoms with van der Waals surface area (Å²) >= 11 is 5.53. The summed E-state index contributed by atoms with van der Waals surface area (Å²) in [5.41, 5.74) is 4.16. The molecule has 1 aliphatic heterocycles. The minimum Gasteiger partial charge on any atom is -0.493 e. The van der Waals surface area contributed by atoms with Crippen LogP contribution in [0.4, 0.5) is 5.69 Å². The fraction of sp³-hybridized carbons (Fsp3) is 0.417. The van der Waals surface area contributed by atoms with E-state index in [4.69, 9.17) is 17.0 Å². The van der Waals surface area contributed by atoms with E-state index >= 15 is 0 Å². The highest BCUT2D eigenvalue weighted by atomic mass is 32.1. The Labute approximate surface area is 179 Å². The van der Waals surface area contributed by atoms with E-state index in [0.29, 0.717) is 11.7 Å². The fourth-order valence-electron chi connectivity index (χ4n) is 3.56. The molecule has 0 saturated heterocycles. The summed E-state index contributed by atoms with van der Waals surface area (Å²) in [4.78, 5) is 14.9. The molecule has 0 bridgehead atoms. The van der Waals surface area contributed by atoms with Gasteiger partial charge in [-0.2, -0.15) is 0 Å². The van der Waals surface area contributed by atoms with E-state index in [1.807, 2.05) is 37.8 Å². The second-order valence-corrected chi connectivity index (χ2v) is 8.78. The Morgan fingerprint density at radius 1 is 1.21 bits per heavy atom. The Morgan fingerprint density at radius 2 is 1.97 bits per heavy atom. The highest BCUT2D eigenvalue weighted by Crippen LogP contribution is 2.28. The first kappa shape index (κ1) is 21.3. The molecule has 2 aromatic rings. The molecular formula is C24H30N2O2S. The number of amides is 1. The Bertz CT molecular complexity index is 908. The van der Waals surface area contributed by atoms with Crippen molar-refractivity contribution in [2.45, 2.75) is 47.0 Å². The standard InChI is InChI=1S/C24H30N2O2S/c1-17-10-11-18(2)21(16-17)28-15-7-13-24(3,4)22(27)25-23(29)26-14-12-19-8-5-6-9-20(19)26/h5-6,8-11,16H,7,12-15H2,1-4H3,(H,25,27,29). The lowest BCUT2D eigenvalue weighted by atomic mass is 9.87. The van der Waals surface area contributed by atoms with Gasteiger partial charge >= 0.3 is 0 Å². The molecule has 2 aromatic carbocycles. The lowest BCUT2D eigenvalue weighted by Gasteiger charge is -2.27. The van der Waals surface area contributed by atoms with E-state index in [-0.39, 0.29) is 5.91 Å². The molecule has 0 aliphatic carbocycles. The molecule has 1 amide bonds. The molecule has 29 heavy (non-hydrogen) atoms. The number of hydrogen-bond acceptors (Lipinski definition) is 3. The lowest BCUT2D eigenvalue weighted by molar-refractivity contribution is -0.128. The van der Waals surface area contributed by atoms with Gasteiger partial charge in [-0.05, 0) is 74.2 Å². The number of anilines is 1. The van der Waals surface area contributed by atoms with Gasteiger partial charge in [-0.25, -0.2) is 0 Å². The number of para-hydroxylation sites is 1. The van der Waals surface area contributed by atoms with Crippen LogP contribution in [0.3, 0.4) is 0 Å². The molecule has 0 radical (unpaired) electrons. The molecule has 154 valence electrons. The van der Waals surface area contributed by atoms with Crippen LogP contribution in [0.15, 0.2) is 42.5 Å². The predicted molar refractivity (Wildman–Crippen MR) is 123 cm³/mol. The number of carbonyl (C=O) groups excluding carboxylic acids is 1. The van der Waals surface area contributed by atoms with Crippen molar-refractivity contribution in [2.75, 3.05) is 18.1 Å². The summed E-state index contributed by atoms with van der Waals surface area (Å²) in [6, 6.07) is 14.4. The average Bonchev–Trinajstić information content (AvgIpc) is 3.12. The highest BCUT2D eigenvalue weighted by Gasteiger charge is 2.30. The molecule has 0 aromatic heterocycles. The van der Waals surface area contributed by atoms with Crippen molar-refractivity contribution in [2.24, 2.45) is 5.41 Å². The van der Waals surface area contributed by atoms with Gasteiger partial charge in [-0.1, -0.05) is 44.2 Å². The molecule has 0 saturated carbocycles. The Kier molecular flexibility index (Phi) is 6.58. The van der Waals surface area contributed by atoms with E-state index in [9.17, 15) is 4.79 Å². The maximum absolute atomic E-state index is 12.8. The average molecular weight is 411 g/mol. The fourth-order valence-corrected chi connectivity index (χ4v) is 3.84. The van der Waals surface area contributed by atoms with Crippen molar-refractivity contribution in [3.8, 4) is 5.75 Å². The molecule has 1 aliphatic rings. The summed E-state index contributed by atoms with van der Waals surface area (Å²) in [5.74, 6) is 0.875. The number of thiocarbonyl (C=S) groups is 1. The van der Waals surface area contributed by atoms with Gasteiger partial charge in [0.25, 0.3) is 0 Å². The summed E-state index contributed by atoms with van der Waals surface area (Å²) < 4.78 is 5.93. The Morgan fingerprint density at radius 3 is 2.76 bits per heavy atom. The van der Waals surface area contributed by atoms with E-state index in [0.717, 1.165) is 42.8 Å². The molecule has 1 heterocycles. The maximum atomic E-state index is 12.8. The number of nitrogens with one attached hydrogen (secondary N) is 1. The van der Waals surface area contributed by atoms with Crippen LogP contribution in [-0.4, -0.2) is 24.2 Å². The van der Waals surface area contributed by atoms with Crippen LogP contribution in [0.25, 0.3) is 0 Å². The van der Waals surface area contributed by atoms with Crippen molar-refractivity contribution >= 4 is 28.9 Å². The number of ether oxygens (including phenoxy) is 1. The zero-order chi connectivity index (χ0) is 21.0. The minimum atomic E-state index is -0.520. The van der Waals surface area contributed by atoms with Gasteiger partial charge in [0.15, 0.2) is 5.11 Å². The lowest BCUT2D eigenvalue weighted by Crippen LogP contribution is -2.47. The zero-order valence-corrected chi connectivity index (χ0v) is 18.6. The highest BCUT2D eigenvalue weighted by molar-refractivity contribution is 7.80. The van der Waals surface area contributed by atoms with Crippen molar-refractivity contribution in [3.63, 3.8) is 0 Å². The topological polar surface area (TPSA) is 41.6 Å². The summed E-state index contributed by atoms with van der Waals surface area (Å²) in [6.07, 6.45) is 2.47. The molecule has 1 N–H and O–H groups in total. The third-order valence-electron chi connectivity index (χ3n) is 5.51. The van der Waals surface area contributed by atoms with Gasteiger partial charge in [-0.3, -0.25) is 4.79 Å². The Balaban J connectivity index is 1.49. The maximum Gasteiger partial charge on any atom is 0.231 e. The quantitative estimate of drug-likeness (QED) is 0.540. The summed E-state index contributed by atoms with van der Waals surface area (Å²) in [5, 5.41) is 3.44. The number of nitrogens with zero attached hydrogens (tertiary/aromatic N) is 1. The summed E-state index contributed by atoms with van der Waals surface area (Å²) in [6.45, 7) is 9.42. The minimum absolute atomic E-state index is 0.0429. The van der Waals surface area contributed by atoms with Gasteiger partial charge in [-0.15, -0.1) is 0 Å². The number of fused-ring (bicyclic) bond motifs is 1. The molecular weight excluding hydrogens is 380 g/mol. The predicted octanol–water partition coefficient (Wildman–Crippen LogP) is 4.95. The first-order valence-corrected chi connectivity index (χ1v) is 10.6. The van der Waals surface area contributed by atoms with Gasteiger partial charge in [0, 0.05) is 17.6 Å². The van der Waals surface area contributed by atoms with Crippen LogP contribution >= 0.6 is 12.2 Å². The van der Waals surface area contributed by atoms with Crippen LogP contribution in [-0.2, 0) is 11.2 Å². The molecule has 0 atom stereocenters. The molecule has 0 spiro atoms. The largest absolute Gasteiger partial charge is 0.493 e. The number of carbonyl (C=O) groups is 1. The first-order valence-electron chi connectivity index (χ1n) is 10.2. The summed E-state index contributed by atoms with van der Waals surface area (Å²) in [7, 11) is 0. The van der Waals surface area contributed by atoms with Crippen molar-refractivity contribution in [1.29, 1.82) is 0 Å². The van der Waals surface area contributed by atoms with Crippen LogP contribution in [0.1, 0.15) is 43.4 Å².